The summed E-state index contributed by atoms with van der Waals surface area (Å²) in [5, 5.41) is 19.2. The van der Waals surface area contributed by atoms with Crippen LogP contribution >= 0.6 is 0 Å². The van der Waals surface area contributed by atoms with E-state index in [-0.39, 0.29) is 0 Å². The Bertz CT molecular complexity index is 1310. The Labute approximate surface area is 191 Å². The summed E-state index contributed by atoms with van der Waals surface area (Å²) >= 11 is 0. The lowest BCUT2D eigenvalue weighted by Gasteiger charge is -2.09. The fourth-order valence-electron chi connectivity index (χ4n) is 3.79. The van der Waals surface area contributed by atoms with Crippen LogP contribution in [-0.4, -0.2) is 40.4 Å². The molecule has 0 aliphatic rings. The maximum Gasteiger partial charge on any atom is 0.206 e. The van der Waals surface area contributed by atoms with Crippen LogP contribution in [0, 0.1) is 0 Å². The Kier molecular flexibility index (Phi) is 5.97. The molecule has 0 saturated heterocycles. The van der Waals surface area contributed by atoms with Crippen molar-refractivity contribution in [1.29, 1.82) is 0 Å². The van der Waals surface area contributed by atoms with Gasteiger partial charge in [0.15, 0.2) is 5.82 Å². The fourth-order valence-corrected chi connectivity index (χ4v) is 3.79. The lowest BCUT2D eigenvalue weighted by Crippen LogP contribution is -2.07. The number of hydrogen-bond acceptors (Lipinski definition) is 6. The van der Waals surface area contributed by atoms with E-state index in [1.54, 1.807) is 12.4 Å². The number of hydrogen-bond donors (Lipinski definition) is 1. The van der Waals surface area contributed by atoms with E-state index in [0.717, 1.165) is 58.7 Å². The van der Waals surface area contributed by atoms with Crippen LogP contribution in [-0.2, 0) is 13.0 Å². The van der Waals surface area contributed by atoms with Gasteiger partial charge in [-0.25, -0.2) is 9.67 Å². The van der Waals surface area contributed by atoms with Crippen LogP contribution in [0.1, 0.15) is 31.2 Å². The van der Waals surface area contributed by atoms with E-state index in [0.29, 0.717) is 12.4 Å². The number of nitrogens with zero attached hydrogens (tertiary/aromatic N) is 7. The van der Waals surface area contributed by atoms with E-state index >= 15 is 0 Å². The van der Waals surface area contributed by atoms with Gasteiger partial charge in [-0.15, -0.1) is 10.2 Å². The quantitative estimate of drug-likeness (QED) is 0.382. The van der Waals surface area contributed by atoms with Crippen molar-refractivity contribution in [2.45, 2.75) is 32.7 Å². The summed E-state index contributed by atoms with van der Waals surface area (Å²) < 4.78 is 2.03. The van der Waals surface area contributed by atoms with Gasteiger partial charge in [0.2, 0.25) is 5.82 Å². The molecule has 2 aromatic carbocycles. The molecule has 0 aliphatic carbocycles. The standard InChI is InChI=1S/C25H24N8/c1-2-3-9-23-27-24(20-7-5-4-6-8-20)30-33(23)17-18-10-12-19(13-11-18)21-14-15-26-16-22(21)25-28-31-32-29-25/h4-8,10-16H,2-3,9,17H2,1H3,(H,28,29,31,32). The second kappa shape index (κ2) is 9.52. The SMILES string of the molecule is CCCCc1nc(-c2ccccc2)nn1Cc1ccc(-c2ccncc2-c2nn[nH]n2)cc1. The Hall–Kier alpha value is -4.20. The molecule has 3 heterocycles. The summed E-state index contributed by atoms with van der Waals surface area (Å²) in [6.45, 7) is 2.87. The number of pyridine rings is 1. The van der Waals surface area contributed by atoms with E-state index < -0.39 is 0 Å². The number of unbranched alkanes of at least 4 members (excludes halogenated alkanes) is 1. The number of nitrogens with one attached hydrogen (secondary N) is 1. The van der Waals surface area contributed by atoms with Crippen LogP contribution in [0.2, 0.25) is 0 Å². The van der Waals surface area contributed by atoms with E-state index in [9.17, 15) is 0 Å². The molecule has 8 nitrogen and oxygen atoms in total. The monoisotopic (exact) mass is 436 g/mol. The molecule has 164 valence electrons. The van der Waals surface area contributed by atoms with Gasteiger partial charge in [0.1, 0.15) is 5.82 Å². The Morgan fingerprint density at radius 2 is 1.73 bits per heavy atom. The molecule has 33 heavy (non-hydrogen) atoms. The van der Waals surface area contributed by atoms with E-state index in [2.05, 4.69) is 56.8 Å². The van der Waals surface area contributed by atoms with Gasteiger partial charge in [-0.2, -0.15) is 10.3 Å². The predicted octanol–water partition coefficient (Wildman–Crippen LogP) is 4.58. The molecule has 8 heteroatoms. The van der Waals surface area contributed by atoms with Crippen LogP contribution in [0.15, 0.2) is 73.1 Å². The third-order valence-corrected chi connectivity index (χ3v) is 5.54. The highest BCUT2D eigenvalue weighted by Crippen LogP contribution is 2.29. The summed E-state index contributed by atoms with van der Waals surface area (Å²) in [5.74, 6) is 2.33. The van der Waals surface area contributed by atoms with Crippen molar-refractivity contribution in [3.8, 4) is 33.9 Å². The number of tetrazole rings is 1. The number of rotatable bonds is 8. The molecule has 0 radical (unpaired) electrons. The van der Waals surface area contributed by atoms with Crippen molar-refractivity contribution in [2.75, 3.05) is 0 Å². The molecule has 3 aromatic heterocycles. The van der Waals surface area contributed by atoms with Crippen LogP contribution in [0.4, 0.5) is 0 Å². The van der Waals surface area contributed by atoms with Gasteiger partial charge in [-0.05, 0) is 34.4 Å². The van der Waals surface area contributed by atoms with Crippen molar-refractivity contribution < 1.29 is 0 Å². The van der Waals surface area contributed by atoms with Gasteiger partial charge in [-0.3, -0.25) is 4.98 Å². The van der Waals surface area contributed by atoms with Gasteiger partial charge in [0, 0.05) is 29.9 Å². The first-order valence-electron chi connectivity index (χ1n) is 11.1. The highest BCUT2D eigenvalue weighted by atomic mass is 15.5. The second-order valence-electron chi connectivity index (χ2n) is 7.83. The van der Waals surface area contributed by atoms with Crippen molar-refractivity contribution in [3.05, 3.63) is 84.4 Å². The summed E-state index contributed by atoms with van der Waals surface area (Å²) in [6, 6.07) is 20.6. The van der Waals surface area contributed by atoms with Crippen molar-refractivity contribution in [2.24, 2.45) is 0 Å². The first kappa shape index (κ1) is 20.7. The third kappa shape index (κ3) is 4.55. The number of aromatic amines is 1. The maximum atomic E-state index is 4.84. The Morgan fingerprint density at radius 3 is 2.48 bits per heavy atom. The minimum Gasteiger partial charge on any atom is -0.264 e. The molecule has 0 unspecified atom stereocenters. The summed E-state index contributed by atoms with van der Waals surface area (Å²) in [7, 11) is 0. The molecule has 0 aliphatic heterocycles. The zero-order valence-corrected chi connectivity index (χ0v) is 18.4. The Morgan fingerprint density at radius 1 is 0.879 bits per heavy atom. The highest BCUT2D eigenvalue weighted by Gasteiger charge is 2.13. The van der Waals surface area contributed by atoms with E-state index in [4.69, 9.17) is 10.1 Å². The van der Waals surface area contributed by atoms with Crippen molar-refractivity contribution >= 4 is 0 Å². The van der Waals surface area contributed by atoms with Crippen molar-refractivity contribution in [1.82, 2.24) is 40.4 Å². The van der Waals surface area contributed by atoms with Gasteiger partial charge in [0.25, 0.3) is 0 Å². The summed E-state index contributed by atoms with van der Waals surface area (Å²) in [5.41, 5.74) is 5.11. The topological polar surface area (TPSA) is 98.1 Å². The van der Waals surface area contributed by atoms with Crippen LogP contribution < -0.4 is 0 Å². The normalized spacial score (nSPS) is 11.1. The Balaban J connectivity index is 1.42. The molecular formula is C25H24N8. The zero-order chi connectivity index (χ0) is 22.5. The van der Waals surface area contributed by atoms with E-state index in [1.165, 1.54) is 0 Å². The molecule has 0 bridgehead atoms. The lowest BCUT2D eigenvalue weighted by molar-refractivity contribution is 0.618. The van der Waals surface area contributed by atoms with Crippen LogP contribution in [0.5, 0.6) is 0 Å². The third-order valence-electron chi connectivity index (χ3n) is 5.54. The molecule has 5 aromatic rings. The smallest absolute Gasteiger partial charge is 0.206 e. The second-order valence-corrected chi connectivity index (χ2v) is 7.83. The average molecular weight is 437 g/mol. The van der Waals surface area contributed by atoms with Crippen molar-refractivity contribution in [3.63, 3.8) is 0 Å². The molecule has 0 amide bonds. The first-order chi connectivity index (χ1) is 16.3. The number of aromatic nitrogens is 8. The minimum absolute atomic E-state index is 0.527. The highest BCUT2D eigenvalue weighted by molar-refractivity contribution is 5.79. The molecular weight excluding hydrogens is 412 g/mol. The first-order valence-corrected chi connectivity index (χ1v) is 11.1. The van der Waals surface area contributed by atoms with Gasteiger partial charge in [-0.1, -0.05) is 67.9 Å². The predicted molar refractivity (Wildman–Crippen MR) is 126 cm³/mol. The number of aryl methyl sites for hydroxylation is 1. The molecule has 0 atom stereocenters. The molecule has 0 fully saturated rings. The average Bonchev–Trinajstić information content (AvgIpc) is 3.54. The van der Waals surface area contributed by atoms with Gasteiger partial charge >= 0.3 is 0 Å². The van der Waals surface area contributed by atoms with Crippen LogP contribution in [0.3, 0.4) is 0 Å². The minimum atomic E-state index is 0.527. The summed E-state index contributed by atoms with van der Waals surface area (Å²) in [6.07, 6.45) is 6.66. The molecule has 0 saturated carbocycles. The van der Waals surface area contributed by atoms with Crippen LogP contribution in [0.25, 0.3) is 33.9 Å². The number of benzene rings is 2. The number of H-pyrrole nitrogens is 1. The lowest BCUT2D eigenvalue weighted by atomic mass is 10.00. The molecule has 0 spiro atoms. The van der Waals surface area contributed by atoms with Gasteiger partial charge in [0.05, 0.1) is 6.54 Å². The molecule has 1 N–H and O–H groups in total. The van der Waals surface area contributed by atoms with Gasteiger partial charge < -0.3 is 0 Å². The maximum absolute atomic E-state index is 4.84. The summed E-state index contributed by atoms with van der Waals surface area (Å²) in [4.78, 5) is 9.06. The zero-order valence-electron chi connectivity index (χ0n) is 18.4. The molecule has 5 rings (SSSR count). The fraction of sp³-hybridized carbons (Fsp3) is 0.200. The largest absolute Gasteiger partial charge is 0.264 e. The van der Waals surface area contributed by atoms with E-state index in [1.807, 2.05) is 41.1 Å².